The van der Waals surface area contributed by atoms with Crippen molar-refractivity contribution in [3.63, 3.8) is 0 Å². The zero-order chi connectivity index (χ0) is 72.4. The van der Waals surface area contributed by atoms with Gasteiger partial charge in [-0.05, 0) is 57.8 Å². The summed E-state index contributed by atoms with van der Waals surface area (Å²) in [5.74, 6) is -4.11. The third-order valence-electron chi connectivity index (χ3n) is 16.1. The SMILES string of the molecule is CC(=O)OCC1O[C@@H](OCCCCC(=O)NCCCNC(=O)CCOCC(C)(COCCC(=O)NCCCNC(=O)CCCCO[C@@H]2OC(COC(C)=O)[C@H](O)C(O)[C@@H]2C)COCCC(=O)NCCCNC(=O)CCCCO[C@@H]2OC(COC(C)=O)[C@H](O)C(O)[C@@H]2N)[C@@H](C)C(O)[C@H]1O. The highest BCUT2D eigenvalue weighted by Crippen LogP contribution is 2.29. The fraction of sp³-hybridized carbons (Fsp3) is 0.859. The molecule has 3 fully saturated rings. The largest absolute Gasteiger partial charge is 0.463 e. The highest BCUT2D eigenvalue weighted by Gasteiger charge is 2.46. The van der Waals surface area contributed by atoms with Gasteiger partial charge in [-0.15, -0.1) is 0 Å². The van der Waals surface area contributed by atoms with Gasteiger partial charge in [-0.2, -0.15) is 0 Å². The molecular weight excluding hydrogens is 1300 g/mol. The van der Waals surface area contributed by atoms with E-state index < -0.39 is 115 Å². The van der Waals surface area contributed by atoms with Gasteiger partial charge in [0.1, 0.15) is 62.5 Å². The smallest absolute Gasteiger partial charge is 0.302 e. The number of rotatable bonds is 51. The lowest BCUT2D eigenvalue weighted by Crippen LogP contribution is -2.62. The van der Waals surface area contributed by atoms with Crippen LogP contribution in [0.4, 0.5) is 0 Å². The second-order valence-electron chi connectivity index (χ2n) is 25.1. The van der Waals surface area contributed by atoms with E-state index in [4.69, 9.17) is 62.6 Å². The number of carbonyl (C=O) groups is 9. The molecule has 566 valence electrons. The predicted octanol–water partition coefficient (Wildman–Crippen LogP) is -2.73. The highest BCUT2D eigenvalue weighted by atomic mass is 16.7. The molecule has 0 radical (unpaired) electrons. The van der Waals surface area contributed by atoms with Gasteiger partial charge in [-0.3, -0.25) is 43.2 Å². The summed E-state index contributed by atoms with van der Waals surface area (Å²) in [6.45, 7) is 11.1. The molecule has 98 heavy (non-hydrogen) atoms. The van der Waals surface area contributed by atoms with E-state index >= 15 is 0 Å². The maximum absolute atomic E-state index is 12.7. The standard InChI is InChI=1S/C64H113N7O27/c1-40-55(81)57(83)45(34-93-42(3)72)96-61(40)90-28-10-7-16-48(75)66-22-13-25-69-51(78)19-31-87-37-64(6,38-88-32-20-52(79)70-26-14-23-67-49(76)17-8-11-29-91-62-41(2)56(82)58(84)46(97-62)35-94-43(4)73)39-89-33-21-53(80)71-27-15-24-68-50(77)18-9-12-30-92-63-54(65)60(86)59(85)47(98-63)36-95-44(5)74/h40-41,45-47,54-63,81-86H,7-39,65H2,1-6H3,(H,66,75)(H,67,76)(H,68,77)(H,69,78)(H,70,79)(H,71,80)/t40-,41-,45?,46?,47?,54-,55?,56?,57-,58-,59-,60?,61+,62+,63+,64?/m0/s1. The maximum Gasteiger partial charge on any atom is 0.302 e. The fourth-order valence-corrected chi connectivity index (χ4v) is 10.1. The quantitative estimate of drug-likeness (QED) is 0.0167. The summed E-state index contributed by atoms with van der Waals surface area (Å²) in [7, 11) is 0. The zero-order valence-corrected chi connectivity index (χ0v) is 57.8. The average molecular weight is 1410 g/mol. The van der Waals surface area contributed by atoms with Crippen molar-refractivity contribution in [3.8, 4) is 0 Å². The van der Waals surface area contributed by atoms with Crippen molar-refractivity contribution in [1.82, 2.24) is 31.9 Å². The second kappa shape index (κ2) is 49.2. The summed E-state index contributed by atoms with van der Waals surface area (Å²) in [5.41, 5.74) is 5.19. The van der Waals surface area contributed by atoms with Crippen molar-refractivity contribution in [3.05, 3.63) is 0 Å². The molecule has 3 aliphatic heterocycles. The molecule has 34 nitrogen and oxygen atoms in total. The lowest BCUT2D eigenvalue weighted by atomic mass is 9.92. The number of aliphatic hydroxyl groups is 6. The Morgan fingerprint density at radius 1 is 0.367 bits per heavy atom. The van der Waals surface area contributed by atoms with Crippen LogP contribution in [0.2, 0.25) is 0 Å². The van der Waals surface area contributed by atoms with Crippen molar-refractivity contribution in [1.29, 1.82) is 0 Å². The number of nitrogens with two attached hydrogens (primary N) is 1. The van der Waals surface area contributed by atoms with Crippen LogP contribution in [0, 0.1) is 17.3 Å². The number of ether oxygens (including phenoxy) is 12. The summed E-state index contributed by atoms with van der Waals surface area (Å²) >= 11 is 0. The van der Waals surface area contributed by atoms with E-state index in [0.717, 1.165) is 0 Å². The third-order valence-corrected chi connectivity index (χ3v) is 16.1. The van der Waals surface area contributed by atoms with Crippen molar-refractivity contribution >= 4 is 53.4 Å². The molecule has 3 rings (SSSR count). The fourth-order valence-electron chi connectivity index (χ4n) is 10.1. The van der Waals surface area contributed by atoms with Crippen LogP contribution >= 0.6 is 0 Å². The average Bonchev–Trinajstić information content (AvgIpc) is 0.834. The molecular formula is C64H113N7O27. The Hall–Kier alpha value is -5.41. The molecule has 0 aromatic heterocycles. The van der Waals surface area contributed by atoms with E-state index in [1.165, 1.54) is 20.8 Å². The lowest BCUT2D eigenvalue weighted by molar-refractivity contribution is -0.283. The van der Waals surface area contributed by atoms with E-state index in [2.05, 4.69) is 31.9 Å². The molecule has 15 atom stereocenters. The van der Waals surface area contributed by atoms with Gasteiger partial charge in [0.25, 0.3) is 0 Å². The van der Waals surface area contributed by atoms with Gasteiger partial charge in [0.2, 0.25) is 35.4 Å². The van der Waals surface area contributed by atoms with Crippen LogP contribution in [-0.4, -0.2) is 282 Å². The van der Waals surface area contributed by atoms with Crippen LogP contribution in [0.3, 0.4) is 0 Å². The minimum absolute atomic E-state index is 0.0356. The number of hydrogen-bond acceptors (Lipinski definition) is 28. The van der Waals surface area contributed by atoms with Crippen LogP contribution in [0.1, 0.15) is 138 Å². The van der Waals surface area contributed by atoms with Crippen LogP contribution < -0.4 is 37.6 Å². The first-order chi connectivity index (χ1) is 46.7. The van der Waals surface area contributed by atoms with Crippen LogP contribution in [0.5, 0.6) is 0 Å². The molecule has 6 amide bonds. The van der Waals surface area contributed by atoms with Gasteiger partial charge in [-0.1, -0.05) is 20.8 Å². The minimum atomic E-state index is -1.37. The molecule has 3 aliphatic rings. The van der Waals surface area contributed by atoms with Crippen LogP contribution in [0.25, 0.3) is 0 Å². The minimum Gasteiger partial charge on any atom is -0.463 e. The Labute approximate surface area is 573 Å². The second-order valence-corrected chi connectivity index (χ2v) is 25.1. The summed E-state index contributed by atoms with van der Waals surface area (Å²) < 4.78 is 66.8. The molecule has 0 spiro atoms. The van der Waals surface area contributed by atoms with Crippen molar-refractivity contribution in [2.45, 2.75) is 218 Å². The summed E-state index contributed by atoms with van der Waals surface area (Å²) in [4.78, 5) is 109. The number of amides is 6. The van der Waals surface area contributed by atoms with Crippen LogP contribution in [-0.2, 0) is 100.0 Å². The first-order valence-corrected chi connectivity index (χ1v) is 34.1. The van der Waals surface area contributed by atoms with E-state index in [1.807, 2.05) is 6.92 Å². The predicted molar refractivity (Wildman–Crippen MR) is 344 cm³/mol. The molecule has 0 aromatic carbocycles. The topological polar surface area (TPSA) is 484 Å². The summed E-state index contributed by atoms with van der Waals surface area (Å²) in [6, 6.07) is -1.04. The number of unbranched alkanes of at least 4 members (excludes halogenated alkanes) is 3. The number of nitrogens with one attached hydrogen (secondary N) is 6. The molecule has 0 bridgehead atoms. The molecule has 3 saturated heterocycles. The van der Waals surface area contributed by atoms with Gasteiger partial charge in [-0.25, -0.2) is 0 Å². The van der Waals surface area contributed by atoms with E-state index in [0.29, 0.717) is 97.1 Å². The van der Waals surface area contributed by atoms with Crippen molar-refractivity contribution < 1.29 is 131 Å². The van der Waals surface area contributed by atoms with E-state index in [1.54, 1.807) is 13.8 Å². The normalized spacial score (nSPS) is 26.0. The Kier molecular flexibility index (Phi) is 43.6. The molecule has 0 aromatic rings. The molecule has 34 heteroatoms. The molecule has 6 unspecified atom stereocenters. The van der Waals surface area contributed by atoms with Gasteiger partial charge >= 0.3 is 17.9 Å². The number of esters is 3. The van der Waals surface area contributed by atoms with Gasteiger partial charge in [0.15, 0.2) is 18.9 Å². The zero-order valence-electron chi connectivity index (χ0n) is 57.8. The summed E-state index contributed by atoms with van der Waals surface area (Å²) in [6.07, 6.45) is -7.98. The molecule has 0 aliphatic carbocycles. The maximum atomic E-state index is 12.7. The number of hydrogen-bond donors (Lipinski definition) is 13. The third kappa shape index (κ3) is 36.3. The molecule has 3 heterocycles. The first-order valence-electron chi connectivity index (χ1n) is 34.1. The molecule has 14 N–H and O–H groups in total. The first kappa shape index (κ1) is 86.8. The number of aliphatic hydroxyl groups excluding tert-OH is 6. The Balaban J connectivity index is 1.32. The van der Waals surface area contributed by atoms with E-state index in [-0.39, 0.29) is 153 Å². The number of carbonyl (C=O) groups excluding carboxylic acids is 9. The Bertz CT molecular complexity index is 2110. The van der Waals surface area contributed by atoms with Crippen molar-refractivity contribution in [2.75, 3.05) is 119 Å². The summed E-state index contributed by atoms with van der Waals surface area (Å²) in [5, 5.41) is 78.8. The molecule has 0 saturated carbocycles. The Morgan fingerprint density at radius 3 is 0.929 bits per heavy atom. The van der Waals surface area contributed by atoms with Crippen molar-refractivity contribution in [2.24, 2.45) is 23.0 Å². The van der Waals surface area contributed by atoms with Crippen LogP contribution in [0.15, 0.2) is 0 Å². The Morgan fingerprint density at radius 2 is 0.633 bits per heavy atom. The van der Waals surface area contributed by atoms with E-state index in [9.17, 15) is 73.8 Å². The van der Waals surface area contributed by atoms with Gasteiger partial charge < -0.3 is 125 Å². The highest BCUT2D eigenvalue weighted by molar-refractivity contribution is 5.78. The monoisotopic (exact) mass is 1410 g/mol. The van der Waals surface area contributed by atoms with Gasteiger partial charge in [0.05, 0.1) is 57.9 Å². The van der Waals surface area contributed by atoms with Gasteiger partial charge in [0, 0.05) is 136 Å². The lowest BCUT2D eigenvalue weighted by Gasteiger charge is -2.41.